The molecule has 0 saturated heterocycles. The van der Waals surface area contributed by atoms with E-state index in [-0.39, 0.29) is 18.7 Å². The molecule has 9 nitrogen and oxygen atoms in total. The number of methoxy groups -OCH3 is 1. The Kier molecular flexibility index (Phi) is 11.0. The number of benzene rings is 3. The van der Waals surface area contributed by atoms with Gasteiger partial charge in [0.05, 0.1) is 7.11 Å². The molecule has 2 unspecified atom stereocenters. The Balaban J connectivity index is 1.99. The minimum Gasteiger partial charge on any atom is -0.508 e. The molecule has 0 saturated carbocycles. The number of carbonyl (C=O) groups excluding carboxylic acids is 3. The van der Waals surface area contributed by atoms with Crippen LogP contribution in [0.2, 0.25) is 0 Å². The molecule has 0 aromatic heterocycles. The number of alkyl carbamates (subject to hydrolysis) is 1. The van der Waals surface area contributed by atoms with Gasteiger partial charge in [-0.2, -0.15) is 0 Å². The van der Waals surface area contributed by atoms with Crippen molar-refractivity contribution in [3.63, 3.8) is 0 Å². The quantitative estimate of drug-likeness (QED) is 0.273. The summed E-state index contributed by atoms with van der Waals surface area (Å²) in [4.78, 5) is 42.4. The minimum atomic E-state index is -1.05. The third kappa shape index (κ3) is 8.99. The summed E-state index contributed by atoms with van der Waals surface area (Å²) >= 11 is 0. The first-order chi connectivity index (χ1) is 19.9. The molecular formula is C33H41N3O6. The summed E-state index contributed by atoms with van der Waals surface area (Å²) in [6, 6.07) is 18.9. The molecule has 9 heteroatoms. The second-order valence-corrected chi connectivity index (χ2v) is 10.9. The van der Waals surface area contributed by atoms with E-state index >= 15 is 0 Å². The predicted octanol–water partition coefficient (Wildman–Crippen LogP) is 5.63. The SMILES string of the molecule is CCc1ccc(C(C(=O)Nc2ccc(OC)cc2)N(CC)C(=O)C(Cc2ccc(O)cc2)NC(=O)OC(C)(C)C)cc1. The van der Waals surface area contributed by atoms with Crippen molar-refractivity contribution in [1.82, 2.24) is 10.2 Å². The molecule has 0 bridgehead atoms. The number of phenols is 1. The molecular weight excluding hydrogens is 534 g/mol. The third-order valence-electron chi connectivity index (χ3n) is 6.61. The van der Waals surface area contributed by atoms with Crippen molar-refractivity contribution >= 4 is 23.6 Å². The second-order valence-electron chi connectivity index (χ2n) is 10.9. The number of anilines is 1. The van der Waals surface area contributed by atoms with Gasteiger partial charge in [0, 0.05) is 18.7 Å². The van der Waals surface area contributed by atoms with Crippen LogP contribution in [0.4, 0.5) is 10.5 Å². The molecule has 3 aromatic carbocycles. The molecule has 0 aliphatic rings. The van der Waals surface area contributed by atoms with E-state index in [1.165, 1.54) is 17.0 Å². The lowest BCUT2D eigenvalue weighted by Gasteiger charge is -2.34. The van der Waals surface area contributed by atoms with Gasteiger partial charge >= 0.3 is 6.09 Å². The van der Waals surface area contributed by atoms with Gasteiger partial charge < -0.3 is 30.1 Å². The first kappa shape index (κ1) is 32.0. The lowest BCUT2D eigenvalue weighted by atomic mass is 9.99. The molecule has 0 fully saturated rings. The van der Waals surface area contributed by atoms with Crippen molar-refractivity contribution in [2.45, 2.75) is 65.1 Å². The van der Waals surface area contributed by atoms with Crippen LogP contribution >= 0.6 is 0 Å². The van der Waals surface area contributed by atoms with Gasteiger partial charge in [0.2, 0.25) is 5.91 Å². The van der Waals surface area contributed by atoms with Gasteiger partial charge in [-0.3, -0.25) is 9.59 Å². The normalized spacial score (nSPS) is 12.5. The number of rotatable bonds is 11. The average molecular weight is 576 g/mol. The van der Waals surface area contributed by atoms with Gasteiger partial charge in [-0.15, -0.1) is 0 Å². The lowest BCUT2D eigenvalue weighted by Crippen LogP contribution is -2.53. The summed E-state index contributed by atoms with van der Waals surface area (Å²) < 4.78 is 10.7. The summed E-state index contributed by atoms with van der Waals surface area (Å²) in [7, 11) is 1.56. The van der Waals surface area contributed by atoms with Crippen molar-refractivity contribution in [2.24, 2.45) is 0 Å². The summed E-state index contributed by atoms with van der Waals surface area (Å²) in [5.41, 5.74) is 2.22. The highest BCUT2D eigenvalue weighted by atomic mass is 16.6. The van der Waals surface area contributed by atoms with E-state index in [0.717, 1.165) is 12.0 Å². The van der Waals surface area contributed by atoms with Gasteiger partial charge in [-0.1, -0.05) is 43.3 Å². The Hall–Kier alpha value is -4.53. The van der Waals surface area contributed by atoms with Crippen molar-refractivity contribution in [3.05, 3.63) is 89.5 Å². The van der Waals surface area contributed by atoms with Crippen LogP contribution in [0, 0.1) is 0 Å². The Labute approximate surface area is 247 Å². The van der Waals surface area contributed by atoms with Crippen LogP contribution in [0.25, 0.3) is 0 Å². The van der Waals surface area contributed by atoms with Crippen LogP contribution in [0.15, 0.2) is 72.8 Å². The second kappa shape index (κ2) is 14.4. The fourth-order valence-electron chi connectivity index (χ4n) is 4.48. The maximum atomic E-state index is 14.2. The third-order valence-corrected chi connectivity index (χ3v) is 6.61. The highest BCUT2D eigenvalue weighted by Crippen LogP contribution is 2.26. The minimum absolute atomic E-state index is 0.0858. The van der Waals surface area contributed by atoms with E-state index < -0.39 is 35.6 Å². The molecule has 3 rings (SSSR count). The monoisotopic (exact) mass is 575 g/mol. The number of likely N-dealkylation sites (N-methyl/N-ethyl adjacent to an activating group) is 1. The highest BCUT2D eigenvalue weighted by molar-refractivity contribution is 5.99. The molecule has 3 N–H and O–H groups in total. The molecule has 3 amide bonds. The molecule has 3 aromatic rings. The standard InChI is InChI=1S/C33H41N3O6/c1-7-22-9-13-24(14-10-22)29(30(38)34-25-15-19-27(41-6)20-16-25)36(8-2)31(39)28(35-32(40)42-33(3,4)5)21-23-11-17-26(37)18-12-23/h9-20,28-29,37H,7-8,21H2,1-6H3,(H,34,38)(H,35,40). The molecule has 2 atom stereocenters. The molecule has 224 valence electrons. The largest absolute Gasteiger partial charge is 0.508 e. The Morgan fingerprint density at radius 3 is 2.00 bits per heavy atom. The van der Waals surface area contributed by atoms with Crippen LogP contribution in [-0.4, -0.2) is 53.2 Å². The predicted molar refractivity (Wildman–Crippen MR) is 163 cm³/mol. The van der Waals surface area contributed by atoms with Crippen molar-refractivity contribution < 1.29 is 29.0 Å². The van der Waals surface area contributed by atoms with Gasteiger partial charge in [0.1, 0.15) is 29.2 Å². The Bertz CT molecular complexity index is 1330. The topological polar surface area (TPSA) is 117 Å². The number of hydrogen-bond acceptors (Lipinski definition) is 6. The number of hydrogen-bond donors (Lipinski definition) is 3. The Morgan fingerprint density at radius 1 is 0.881 bits per heavy atom. The zero-order chi connectivity index (χ0) is 30.9. The van der Waals surface area contributed by atoms with Crippen LogP contribution in [-0.2, 0) is 27.2 Å². The van der Waals surface area contributed by atoms with Crippen LogP contribution in [0.5, 0.6) is 11.5 Å². The van der Waals surface area contributed by atoms with E-state index in [4.69, 9.17) is 9.47 Å². The number of nitrogens with zero attached hydrogens (tertiary/aromatic N) is 1. The van der Waals surface area contributed by atoms with E-state index in [9.17, 15) is 19.5 Å². The number of aryl methyl sites for hydroxylation is 1. The zero-order valence-electron chi connectivity index (χ0n) is 25.1. The first-order valence-corrected chi connectivity index (χ1v) is 14.1. The summed E-state index contributed by atoms with van der Waals surface area (Å²) in [6.45, 7) is 9.24. The maximum Gasteiger partial charge on any atom is 0.408 e. The molecule has 42 heavy (non-hydrogen) atoms. The molecule has 0 aliphatic carbocycles. The highest BCUT2D eigenvalue weighted by Gasteiger charge is 2.35. The maximum absolute atomic E-state index is 14.2. The van der Waals surface area contributed by atoms with Crippen LogP contribution in [0.3, 0.4) is 0 Å². The smallest absolute Gasteiger partial charge is 0.408 e. The zero-order valence-corrected chi connectivity index (χ0v) is 25.1. The van der Waals surface area contributed by atoms with Crippen LogP contribution < -0.4 is 15.4 Å². The fraction of sp³-hybridized carbons (Fsp3) is 0.364. The van der Waals surface area contributed by atoms with E-state index in [1.54, 1.807) is 71.2 Å². The molecule has 0 radical (unpaired) electrons. The molecule has 0 heterocycles. The molecule has 0 aliphatic heterocycles. The number of amides is 3. The van der Waals surface area contributed by atoms with Crippen molar-refractivity contribution in [2.75, 3.05) is 19.0 Å². The number of carbonyl (C=O) groups is 3. The summed E-state index contributed by atoms with van der Waals surface area (Å²) in [5.74, 6) is -0.121. The Morgan fingerprint density at radius 2 is 1.48 bits per heavy atom. The number of aromatic hydroxyl groups is 1. The first-order valence-electron chi connectivity index (χ1n) is 14.1. The number of phenolic OH excluding ortho intramolecular Hbond substituents is 1. The van der Waals surface area contributed by atoms with Gasteiger partial charge in [0.25, 0.3) is 5.91 Å². The van der Waals surface area contributed by atoms with Gasteiger partial charge in [-0.05, 0) is 87.2 Å². The van der Waals surface area contributed by atoms with E-state index in [1.807, 2.05) is 31.2 Å². The number of nitrogens with one attached hydrogen (secondary N) is 2. The van der Waals surface area contributed by atoms with Crippen molar-refractivity contribution in [1.29, 1.82) is 0 Å². The van der Waals surface area contributed by atoms with Crippen molar-refractivity contribution in [3.8, 4) is 11.5 Å². The molecule has 0 spiro atoms. The summed E-state index contributed by atoms with van der Waals surface area (Å²) in [5, 5.41) is 15.4. The number of ether oxygens (including phenoxy) is 2. The fourth-order valence-corrected chi connectivity index (χ4v) is 4.48. The van der Waals surface area contributed by atoms with Gasteiger partial charge in [0.15, 0.2) is 0 Å². The lowest BCUT2D eigenvalue weighted by molar-refractivity contribution is -0.140. The van der Waals surface area contributed by atoms with Gasteiger partial charge in [-0.25, -0.2) is 4.79 Å². The summed E-state index contributed by atoms with van der Waals surface area (Å²) in [6.07, 6.45) is 0.201. The average Bonchev–Trinajstić information content (AvgIpc) is 2.95. The van der Waals surface area contributed by atoms with Crippen LogP contribution in [0.1, 0.15) is 57.4 Å². The van der Waals surface area contributed by atoms with E-state index in [2.05, 4.69) is 10.6 Å². The van der Waals surface area contributed by atoms with E-state index in [0.29, 0.717) is 22.6 Å².